The van der Waals surface area contributed by atoms with E-state index in [1.54, 1.807) is 17.8 Å². The van der Waals surface area contributed by atoms with Crippen LogP contribution in [-0.2, 0) is 7.05 Å². The lowest BCUT2D eigenvalue weighted by Gasteiger charge is -2.03. The van der Waals surface area contributed by atoms with E-state index in [9.17, 15) is 9.18 Å². The molecule has 0 atom stereocenters. The first kappa shape index (κ1) is 10.8. The molecule has 82 valence electrons. The second-order valence-corrected chi connectivity index (χ2v) is 3.72. The monoisotopic (exact) mass is 238 g/mol. The van der Waals surface area contributed by atoms with Crippen molar-refractivity contribution in [2.24, 2.45) is 7.05 Å². The molecule has 0 N–H and O–H groups in total. The first-order valence-corrected chi connectivity index (χ1v) is 4.94. The minimum atomic E-state index is -0.471. The summed E-state index contributed by atoms with van der Waals surface area (Å²) in [6, 6.07) is 3.66. The minimum absolute atomic E-state index is 0.0907. The smallest absolute Gasteiger partial charge is 0.229 e. The molecule has 0 aliphatic rings. The molecule has 0 fully saturated rings. The lowest BCUT2D eigenvalue weighted by molar-refractivity contribution is 0.102. The molecule has 0 unspecified atom stereocenters. The molecule has 1 aromatic carbocycles. The standard InChI is InChI=1S/C11H8ClFN2O/c1-15-5-4-14-11(15)10(16)8-3-2-7(13)6-9(8)12/h2-6H,1H3. The molecule has 0 spiro atoms. The highest BCUT2D eigenvalue weighted by Crippen LogP contribution is 2.19. The molecule has 3 nitrogen and oxygen atoms in total. The van der Waals surface area contributed by atoms with Crippen LogP contribution in [0.2, 0.25) is 5.02 Å². The number of hydrogen-bond acceptors (Lipinski definition) is 2. The van der Waals surface area contributed by atoms with Crippen LogP contribution in [0.3, 0.4) is 0 Å². The number of nitrogens with zero attached hydrogens (tertiary/aromatic N) is 2. The number of aryl methyl sites for hydroxylation is 1. The summed E-state index contributed by atoms with van der Waals surface area (Å²) in [5, 5.41) is 0.0907. The normalized spacial score (nSPS) is 10.4. The van der Waals surface area contributed by atoms with Crippen LogP contribution in [0.15, 0.2) is 30.6 Å². The van der Waals surface area contributed by atoms with E-state index in [-0.39, 0.29) is 22.2 Å². The highest BCUT2D eigenvalue weighted by Gasteiger charge is 2.16. The van der Waals surface area contributed by atoms with Gasteiger partial charge in [0.2, 0.25) is 5.78 Å². The van der Waals surface area contributed by atoms with Crippen molar-refractivity contribution < 1.29 is 9.18 Å². The quantitative estimate of drug-likeness (QED) is 0.754. The highest BCUT2D eigenvalue weighted by atomic mass is 35.5. The summed E-state index contributed by atoms with van der Waals surface area (Å²) in [7, 11) is 1.71. The predicted octanol–water partition coefficient (Wildman–Crippen LogP) is 2.44. The van der Waals surface area contributed by atoms with Crippen molar-refractivity contribution in [2.75, 3.05) is 0 Å². The summed E-state index contributed by atoms with van der Waals surface area (Å²) in [5.41, 5.74) is 0.248. The Morgan fingerprint density at radius 1 is 1.50 bits per heavy atom. The molecule has 0 saturated carbocycles. The Labute approximate surface area is 96.5 Å². The minimum Gasteiger partial charge on any atom is -0.331 e. The summed E-state index contributed by atoms with van der Waals surface area (Å²) in [4.78, 5) is 15.9. The van der Waals surface area contributed by atoms with Gasteiger partial charge in [0.1, 0.15) is 5.82 Å². The van der Waals surface area contributed by atoms with Crippen LogP contribution >= 0.6 is 11.6 Å². The number of hydrogen-bond donors (Lipinski definition) is 0. The van der Waals surface area contributed by atoms with E-state index in [2.05, 4.69) is 4.98 Å². The number of carbonyl (C=O) groups is 1. The molecular weight excluding hydrogens is 231 g/mol. The van der Waals surface area contributed by atoms with Gasteiger partial charge in [0, 0.05) is 25.0 Å². The van der Waals surface area contributed by atoms with Crippen molar-refractivity contribution in [2.45, 2.75) is 0 Å². The Hall–Kier alpha value is -1.68. The summed E-state index contributed by atoms with van der Waals surface area (Å²) >= 11 is 5.80. The molecule has 0 bridgehead atoms. The Balaban J connectivity index is 2.46. The third-order valence-corrected chi connectivity index (χ3v) is 2.51. The molecule has 5 heteroatoms. The molecule has 1 aromatic heterocycles. The third-order valence-electron chi connectivity index (χ3n) is 2.20. The predicted molar refractivity (Wildman–Crippen MR) is 58.1 cm³/mol. The van der Waals surface area contributed by atoms with Crippen molar-refractivity contribution in [3.8, 4) is 0 Å². The van der Waals surface area contributed by atoms with Crippen molar-refractivity contribution in [3.05, 3.63) is 52.8 Å². The zero-order valence-corrected chi connectivity index (χ0v) is 9.20. The van der Waals surface area contributed by atoms with Gasteiger partial charge in [-0.05, 0) is 18.2 Å². The first-order valence-electron chi connectivity index (χ1n) is 4.56. The van der Waals surface area contributed by atoms with E-state index in [1.807, 2.05) is 0 Å². The Bertz CT molecular complexity index is 551. The Morgan fingerprint density at radius 2 is 2.25 bits per heavy atom. The van der Waals surface area contributed by atoms with Crippen LogP contribution in [0.4, 0.5) is 4.39 Å². The van der Waals surface area contributed by atoms with Gasteiger partial charge < -0.3 is 4.57 Å². The Morgan fingerprint density at radius 3 is 2.81 bits per heavy atom. The van der Waals surface area contributed by atoms with Crippen LogP contribution < -0.4 is 0 Å². The Kier molecular flexibility index (Phi) is 2.75. The maximum absolute atomic E-state index is 12.8. The van der Waals surface area contributed by atoms with Gasteiger partial charge in [-0.15, -0.1) is 0 Å². The fourth-order valence-corrected chi connectivity index (χ4v) is 1.63. The fraction of sp³-hybridized carbons (Fsp3) is 0.0909. The van der Waals surface area contributed by atoms with Gasteiger partial charge in [0.05, 0.1) is 5.02 Å². The van der Waals surface area contributed by atoms with Crippen molar-refractivity contribution in [3.63, 3.8) is 0 Å². The van der Waals surface area contributed by atoms with Gasteiger partial charge in [-0.3, -0.25) is 4.79 Å². The number of halogens is 2. The van der Waals surface area contributed by atoms with E-state index in [1.165, 1.54) is 18.3 Å². The van der Waals surface area contributed by atoms with Gasteiger partial charge in [-0.25, -0.2) is 9.37 Å². The van der Waals surface area contributed by atoms with Crippen molar-refractivity contribution >= 4 is 17.4 Å². The maximum atomic E-state index is 12.8. The zero-order chi connectivity index (χ0) is 11.7. The van der Waals surface area contributed by atoms with Gasteiger partial charge >= 0.3 is 0 Å². The van der Waals surface area contributed by atoms with Crippen molar-refractivity contribution in [1.29, 1.82) is 0 Å². The summed E-state index contributed by atoms with van der Waals surface area (Å²) in [6.45, 7) is 0. The number of carbonyl (C=O) groups excluding carboxylic acids is 1. The van der Waals surface area contributed by atoms with Crippen LogP contribution in [0.25, 0.3) is 0 Å². The first-order chi connectivity index (χ1) is 7.59. The SMILES string of the molecule is Cn1ccnc1C(=O)c1ccc(F)cc1Cl. The molecule has 0 aliphatic heterocycles. The highest BCUT2D eigenvalue weighted by molar-refractivity contribution is 6.34. The average Bonchev–Trinajstić information content (AvgIpc) is 2.63. The second kappa shape index (κ2) is 4.06. The van der Waals surface area contributed by atoms with E-state index in [4.69, 9.17) is 11.6 Å². The van der Waals surface area contributed by atoms with Gasteiger partial charge in [-0.1, -0.05) is 11.6 Å². The lowest BCUT2D eigenvalue weighted by Crippen LogP contribution is -2.09. The summed E-state index contributed by atoms with van der Waals surface area (Å²) < 4.78 is 14.4. The molecular formula is C11H8ClFN2O. The molecule has 0 amide bonds. The molecule has 16 heavy (non-hydrogen) atoms. The molecule has 0 saturated heterocycles. The van der Waals surface area contributed by atoms with Crippen LogP contribution in [-0.4, -0.2) is 15.3 Å². The van der Waals surface area contributed by atoms with Gasteiger partial charge in [-0.2, -0.15) is 0 Å². The largest absolute Gasteiger partial charge is 0.331 e. The van der Waals surface area contributed by atoms with Gasteiger partial charge in [0.15, 0.2) is 5.82 Å². The lowest BCUT2D eigenvalue weighted by atomic mass is 10.1. The number of ketones is 1. The van der Waals surface area contributed by atoms with E-state index < -0.39 is 5.82 Å². The summed E-state index contributed by atoms with van der Waals surface area (Å²) in [5.74, 6) is -0.521. The molecule has 0 aliphatic carbocycles. The van der Waals surface area contributed by atoms with E-state index in [0.717, 1.165) is 6.07 Å². The molecule has 2 aromatic rings. The zero-order valence-electron chi connectivity index (χ0n) is 8.45. The fourth-order valence-electron chi connectivity index (χ4n) is 1.38. The van der Waals surface area contributed by atoms with Crippen LogP contribution in [0.1, 0.15) is 16.2 Å². The third kappa shape index (κ3) is 1.84. The number of benzene rings is 1. The molecule has 1 heterocycles. The number of rotatable bonds is 2. The van der Waals surface area contributed by atoms with Gasteiger partial charge in [0.25, 0.3) is 0 Å². The van der Waals surface area contributed by atoms with E-state index in [0.29, 0.717) is 0 Å². The molecule has 2 rings (SSSR count). The second-order valence-electron chi connectivity index (χ2n) is 3.32. The summed E-state index contributed by atoms with van der Waals surface area (Å²) in [6.07, 6.45) is 3.18. The number of imidazole rings is 1. The topological polar surface area (TPSA) is 34.9 Å². The van der Waals surface area contributed by atoms with E-state index >= 15 is 0 Å². The van der Waals surface area contributed by atoms with Crippen LogP contribution in [0.5, 0.6) is 0 Å². The van der Waals surface area contributed by atoms with Crippen LogP contribution in [0, 0.1) is 5.82 Å². The van der Waals surface area contributed by atoms with Crippen molar-refractivity contribution in [1.82, 2.24) is 9.55 Å². The average molecular weight is 239 g/mol. The number of aromatic nitrogens is 2. The molecule has 0 radical (unpaired) electrons. The maximum Gasteiger partial charge on any atom is 0.229 e.